The quantitative estimate of drug-likeness (QED) is 0.415. The fourth-order valence-corrected chi connectivity index (χ4v) is 3.55. The van der Waals surface area contributed by atoms with Crippen LogP contribution in [-0.2, 0) is 0 Å². The monoisotopic (exact) mass is 462 g/mol. The number of piperidine rings is 1. The molecule has 0 unspecified atom stereocenters. The molecule has 3 aliphatic heterocycles. The van der Waals surface area contributed by atoms with Gasteiger partial charge in [-0.1, -0.05) is 62.8 Å². The molecule has 3 nitrogen and oxygen atoms in total. The van der Waals surface area contributed by atoms with E-state index in [1.165, 1.54) is 77.8 Å². The van der Waals surface area contributed by atoms with Gasteiger partial charge < -0.3 is 14.7 Å². The molecule has 32 heavy (non-hydrogen) atoms. The van der Waals surface area contributed by atoms with Gasteiger partial charge in [-0.2, -0.15) is 0 Å². The van der Waals surface area contributed by atoms with Crippen LogP contribution < -0.4 is 0 Å². The highest BCUT2D eigenvalue weighted by atomic mass is 15.2. The second-order valence-electron chi connectivity index (χ2n) is 8.51. The fraction of sp³-hybridized carbons (Fsp3) is 1.00. The van der Waals surface area contributed by atoms with Gasteiger partial charge in [-0.05, 0) is 113 Å². The third-order valence-electron chi connectivity index (χ3n) is 5.61. The molecule has 202 valence electrons. The van der Waals surface area contributed by atoms with Crippen LogP contribution in [0.25, 0.3) is 0 Å². The van der Waals surface area contributed by atoms with E-state index >= 15 is 0 Å². The smallest absolute Gasteiger partial charge is 0.00386 e. The molecule has 0 bridgehead atoms. The first-order valence-corrected chi connectivity index (χ1v) is 13.6. The van der Waals surface area contributed by atoms with E-state index in [1.807, 2.05) is 41.5 Å². The van der Waals surface area contributed by atoms with Crippen molar-refractivity contribution in [3.63, 3.8) is 0 Å². The van der Waals surface area contributed by atoms with E-state index in [2.05, 4.69) is 56.2 Å². The summed E-state index contributed by atoms with van der Waals surface area (Å²) in [4.78, 5) is 7.56. The van der Waals surface area contributed by atoms with E-state index in [0.29, 0.717) is 0 Å². The maximum Gasteiger partial charge on any atom is 0.00386 e. The minimum absolute atomic E-state index is 0. The van der Waals surface area contributed by atoms with Crippen LogP contribution in [0.3, 0.4) is 0 Å². The molecule has 0 spiro atoms. The first kappa shape index (κ1) is 42.1. The van der Waals surface area contributed by atoms with Crippen LogP contribution >= 0.6 is 0 Å². The molecule has 3 heteroatoms. The molecule has 0 radical (unpaired) electrons. The Balaban J connectivity index is -0.0000000994. The van der Waals surface area contributed by atoms with Crippen molar-refractivity contribution in [2.24, 2.45) is 0 Å². The summed E-state index contributed by atoms with van der Waals surface area (Å²) < 4.78 is 0. The summed E-state index contributed by atoms with van der Waals surface area (Å²) in [5.74, 6) is 0. The Morgan fingerprint density at radius 2 is 0.531 bits per heavy atom. The molecule has 0 atom stereocenters. The van der Waals surface area contributed by atoms with Crippen molar-refractivity contribution in [3.8, 4) is 0 Å². The average molecular weight is 462 g/mol. The van der Waals surface area contributed by atoms with Gasteiger partial charge in [0.1, 0.15) is 0 Å². The van der Waals surface area contributed by atoms with Gasteiger partial charge in [0.05, 0.1) is 0 Å². The number of likely N-dealkylation sites (tertiary alicyclic amines) is 3. The number of hydrogen-bond acceptors (Lipinski definition) is 3. The summed E-state index contributed by atoms with van der Waals surface area (Å²) in [5.41, 5.74) is 0. The molecule has 0 aromatic rings. The van der Waals surface area contributed by atoms with E-state index in [1.54, 1.807) is 0 Å². The number of rotatable bonds is 3. The van der Waals surface area contributed by atoms with E-state index in [4.69, 9.17) is 0 Å². The van der Waals surface area contributed by atoms with Crippen molar-refractivity contribution in [1.29, 1.82) is 0 Å². The summed E-state index contributed by atoms with van der Waals surface area (Å²) in [7, 11) is 0. The maximum atomic E-state index is 2.56. The van der Waals surface area contributed by atoms with Gasteiger partial charge in [0.15, 0.2) is 0 Å². The molecule has 0 aromatic heterocycles. The van der Waals surface area contributed by atoms with Crippen LogP contribution in [0.2, 0.25) is 0 Å². The number of hydrogen-bond donors (Lipinski definition) is 0. The van der Waals surface area contributed by atoms with Crippen molar-refractivity contribution in [2.75, 3.05) is 39.3 Å². The van der Waals surface area contributed by atoms with Crippen molar-refractivity contribution in [3.05, 3.63) is 0 Å². The standard InChI is InChI=1S/C8H17N.C7H15N.C6H13N.3C2H6.2CH4/c1-8(2)9-6-4-3-5-7-9;1-7(2)8-5-3-4-6-8;1-6(2)7-4-3-5-7;3*1-2;;/h8H,3-7H2,1-2H3;7H,3-6H2,1-2H3;6H,3-5H2,1-2H3;3*1-2H3;2*1H4. The van der Waals surface area contributed by atoms with E-state index < -0.39 is 0 Å². The Morgan fingerprint density at radius 3 is 0.656 bits per heavy atom. The Labute approximate surface area is 208 Å². The van der Waals surface area contributed by atoms with Crippen LogP contribution in [-0.4, -0.2) is 72.1 Å². The van der Waals surface area contributed by atoms with Crippen molar-refractivity contribution in [2.45, 2.75) is 155 Å². The van der Waals surface area contributed by atoms with Gasteiger partial charge in [-0.15, -0.1) is 0 Å². The second-order valence-corrected chi connectivity index (χ2v) is 8.51. The molecule has 3 aliphatic rings. The molecule has 0 aromatic carbocycles. The molecular formula is C29H71N3. The summed E-state index contributed by atoms with van der Waals surface area (Å²) in [5, 5.41) is 0. The Hall–Kier alpha value is -0.120. The molecule has 3 rings (SSSR count). The predicted octanol–water partition coefficient (Wildman–Crippen LogP) is 8.82. The lowest BCUT2D eigenvalue weighted by molar-refractivity contribution is 0.138. The normalized spacial score (nSPS) is 17.7. The van der Waals surface area contributed by atoms with Crippen molar-refractivity contribution >= 4 is 0 Å². The van der Waals surface area contributed by atoms with Crippen molar-refractivity contribution < 1.29 is 0 Å². The Bertz CT molecular complexity index is 287. The maximum absolute atomic E-state index is 2.56. The van der Waals surface area contributed by atoms with Gasteiger partial charge in [-0.25, -0.2) is 0 Å². The summed E-state index contributed by atoms with van der Waals surface area (Å²) in [6.07, 6.45) is 8.52. The first-order chi connectivity index (χ1) is 14.4. The van der Waals surface area contributed by atoms with E-state index in [0.717, 1.165) is 18.1 Å². The van der Waals surface area contributed by atoms with E-state index in [-0.39, 0.29) is 14.9 Å². The molecule has 0 N–H and O–H groups in total. The van der Waals surface area contributed by atoms with Crippen LogP contribution in [0.5, 0.6) is 0 Å². The third kappa shape index (κ3) is 23.1. The van der Waals surface area contributed by atoms with E-state index in [9.17, 15) is 0 Å². The van der Waals surface area contributed by atoms with Gasteiger partial charge in [0.25, 0.3) is 0 Å². The lowest BCUT2D eigenvalue weighted by atomic mass is 10.1. The minimum atomic E-state index is 0. The third-order valence-corrected chi connectivity index (χ3v) is 5.61. The molecule has 0 amide bonds. The zero-order valence-electron chi connectivity index (χ0n) is 23.6. The van der Waals surface area contributed by atoms with Crippen LogP contribution in [0.4, 0.5) is 0 Å². The molecule has 3 heterocycles. The molecule has 3 saturated heterocycles. The highest BCUT2D eigenvalue weighted by Crippen LogP contribution is 2.11. The average Bonchev–Trinajstić information content (AvgIpc) is 3.28. The SMILES string of the molecule is C.C.CC.CC.CC.CC(C)N1CCC1.CC(C)N1CCCC1.CC(C)N1CCCCC1. The lowest BCUT2D eigenvalue weighted by Gasteiger charge is -2.34. The van der Waals surface area contributed by atoms with Gasteiger partial charge >= 0.3 is 0 Å². The lowest BCUT2D eigenvalue weighted by Crippen LogP contribution is -2.41. The van der Waals surface area contributed by atoms with Gasteiger partial charge in [-0.3, -0.25) is 0 Å². The largest absolute Gasteiger partial charge is 0.301 e. The van der Waals surface area contributed by atoms with Gasteiger partial charge in [0, 0.05) is 18.1 Å². The zero-order valence-corrected chi connectivity index (χ0v) is 23.6. The van der Waals surface area contributed by atoms with Crippen LogP contribution in [0.1, 0.15) is 136 Å². The van der Waals surface area contributed by atoms with Crippen LogP contribution in [0, 0.1) is 0 Å². The summed E-state index contributed by atoms with van der Waals surface area (Å²) in [6.45, 7) is 33.6. The van der Waals surface area contributed by atoms with Gasteiger partial charge in [0.2, 0.25) is 0 Å². The molecular weight excluding hydrogens is 390 g/mol. The fourth-order valence-electron chi connectivity index (χ4n) is 3.55. The molecule has 0 saturated carbocycles. The zero-order chi connectivity index (χ0) is 23.9. The van der Waals surface area contributed by atoms with Crippen LogP contribution in [0.15, 0.2) is 0 Å². The highest BCUT2D eigenvalue weighted by Gasteiger charge is 2.15. The Kier molecular flexibility index (Phi) is 40.6. The summed E-state index contributed by atoms with van der Waals surface area (Å²) >= 11 is 0. The number of nitrogens with zero attached hydrogens (tertiary/aromatic N) is 3. The second kappa shape index (κ2) is 30.9. The first-order valence-electron chi connectivity index (χ1n) is 13.6. The predicted molar refractivity (Wildman–Crippen MR) is 155 cm³/mol. The Morgan fingerprint density at radius 1 is 0.344 bits per heavy atom. The topological polar surface area (TPSA) is 9.72 Å². The van der Waals surface area contributed by atoms with Crippen molar-refractivity contribution in [1.82, 2.24) is 14.7 Å². The minimum Gasteiger partial charge on any atom is -0.301 e. The highest BCUT2D eigenvalue weighted by molar-refractivity contribution is 4.71. The molecule has 3 fully saturated rings. The summed E-state index contributed by atoms with van der Waals surface area (Å²) in [6, 6.07) is 2.33. The molecule has 0 aliphatic carbocycles.